The van der Waals surface area contributed by atoms with Crippen LogP contribution in [0.4, 0.5) is 0 Å². The highest BCUT2D eigenvalue weighted by atomic mass is 32.2. The first-order chi connectivity index (χ1) is 3.98. The van der Waals surface area contributed by atoms with Crippen LogP contribution in [-0.2, 0) is 10.5 Å². The standard InChI is InChI=1S/C4H9NO3S/c1-4(2,3-6)5-9(7)8/h6H,3H2,1-2H3. The zero-order chi connectivity index (χ0) is 7.49. The fourth-order valence-corrected chi connectivity index (χ4v) is 0.692. The smallest absolute Gasteiger partial charge is 0.311 e. The minimum atomic E-state index is -2.42. The van der Waals surface area contributed by atoms with Gasteiger partial charge in [0.1, 0.15) is 0 Å². The Morgan fingerprint density at radius 1 is 1.56 bits per heavy atom. The number of aliphatic hydroxyl groups excluding tert-OH is 1. The predicted molar refractivity (Wildman–Crippen MR) is 32.5 cm³/mol. The van der Waals surface area contributed by atoms with Crippen molar-refractivity contribution in [1.29, 1.82) is 0 Å². The van der Waals surface area contributed by atoms with Gasteiger partial charge in [0.05, 0.1) is 12.1 Å². The van der Waals surface area contributed by atoms with E-state index >= 15 is 0 Å². The highest BCUT2D eigenvalue weighted by Gasteiger charge is 2.14. The summed E-state index contributed by atoms with van der Waals surface area (Å²) in [6.45, 7) is 2.80. The van der Waals surface area contributed by atoms with Crippen LogP contribution in [0.1, 0.15) is 13.8 Å². The fraction of sp³-hybridized carbons (Fsp3) is 1.00. The normalized spacial score (nSPS) is 11.0. The molecule has 0 aliphatic heterocycles. The van der Waals surface area contributed by atoms with Gasteiger partial charge in [0, 0.05) is 0 Å². The Kier molecular flexibility index (Phi) is 2.80. The van der Waals surface area contributed by atoms with Crippen LogP contribution in [-0.4, -0.2) is 25.7 Å². The molecule has 4 nitrogen and oxygen atoms in total. The van der Waals surface area contributed by atoms with E-state index in [1.54, 1.807) is 0 Å². The third-order valence-electron chi connectivity index (χ3n) is 0.709. The summed E-state index contributed by atoms with van der Waals surface area (Å²) in [5.74, 6) is 0. The number of rotatable bonds is 2. The SMILES string of the molecule is CC(C)(CO)N=S(=O)=O. The van der Waals surface area contributed by atoms with E-state index in [1.165, 1.54) is 13.8 Å². The first-order valence-corrected chi connectivity index (χ1v) is 3.44. The average molecular weight is 151 g/mol. The van der Waals surface area contributed by atoms with Gasteiger partial charge in [0.15, 0.2) is 0 Å². The first kappa shape index (κ1) is 8.58. The third-order valence-corrected chi connectivity index (χ3v) is 1.35. The Balaban J connectivity index is 4.38. The van der Waals surface area contributed by atoms with Gasteiger partial charge in [-0.25, -0.2) is 0 Å². The topological polar surface area (TPSA) is 66.7 Å². The van der Waals surface area contributed by atoms with Crippen LogP contribution >= 0.6 is 0 Å². The minimum Gasteiger partial charge on any atom is -0.394 e. The van der Waals surface area contributed by atoms with E-state index in [9.17, 15) is 8.42 Å². The van der Waals surface area contributed by atoms with Gasteiger partial charge in [0.25, 0.3) is 0 Å². The second kappa shape index (κ2) is 2.93. The van der Waals surface area contributed by atoms with Crippen molar-refractivity contribution in [1.82, 2.24) is 0 Å². The molecule has 0 aliphatic rings. The Morgan fingerprint density at radius 2 is 2.00 bits per heavy atom. The van der Waals surface area contributed by atoms with Crippen LogP contribution in [0.2, 0.25) is 0 Å². The minimum absolute atomic E-state index is 0.263. The maximum Gasteiger partial charge on any atom is 0.311 e. The molecule has 0 aliphatic carbocycles. The van der Waals surface area contributed by atoms with E-state index in [1.807, 2.05) is 0 Å². The van der Waals surface area contributed by atoms with Crippen molar-refractivity contribution in [3.63, 3.8) is 0 Å². The molecule has 0 radical (unpaired) electrons. The molecule has 0 amide bonds. The molecule has 0 fully saturated rings. The summed E-state index contributed by atoms with van der Waals surface area (Å²) in [7, 11) is -2.42. The quantitative estimate of drug-likeness (QED) is 0.595. The van der Waals surface area contributed by atoms with Crippen molar-refractivity contribution < 1.29 is 13.5 Å². The fourth-order valence-electron chi connectivity index (χ4n) is 0.231. The molecule has 0 bridgehead atoms. The Labute approximate surface area is 55.2 Å². The summed E-state index contributed by atoms with van der Waals surface area (Å²) < 4.78 is 23.0. The van der Waals surface area contributed by atoms with E-state index < -0.39 is 16.0 Å². The summed E-state index contributed by atoms with van der Waals surface area (Å²) in [6.07, 6.45) is 0. The van der Waals surface area contributed by atoms with Gasteiger partial charge in [-0.2, -0.15) is 12.8 Å². The van der Waals surface area contributed by atoms with Crippen LogP contribution in [0, 0.1) is 0 Å². The zero-order valence-corrected chi connectivity index (χ0v) is 6.14. The molecule has 0 spiro atoms. The van der Waals surface area contributed by atoms with Crippen molar-refractivity contribution in [2.75, 3.05) is 6.61 Å². The number of hydrogen-bond donors (Lipinski definition) is 1. The maximum atomic E-state index is 9.90. The second-order valence-electron chi connectivity index (χ2n) is 2.28. The molecule has 0 atom stereocenters. The highest BCUT2D eigenvalue weighted by Crippen LogP contribution is 2.05. The zero-order valence-electron chi connectivity index (χ0n) is 5.33. The lowest BCUT2D eigenvalue weighted by atomic mass is 10.1. The van der Waals surface area contributed by atoms with Crippen LogP contribution < -0.4 is 0 Å². The van der Waals surface area contributed by atoms with Gasteiger partial charge in [-0.1, -0.05) is 0 Å². The van der Waals surface area contributed by atoms with E-state index in [0.29, 0.717) is 0 Å². The van der Waals surface area contributed by atoms with E-state index in [4.69, 9.17) is 5.11 Å². The van der Waals surface area contributed by atoms with Crippen molar-refractivity contribution in [3.8, 4) is 0 Å². The van der Waals surface area contributed by atoms with Crippen LogP contribution in [0.5, 0.6) is 0 Å². The van der Waals surface area contributed by atoms with Gasteiger partial charge in [-0.3, -0.25) is 0 Å². The molecule has 54 valence electrons. The summed E-state index contributed by atoms with van der Waals surface area (Å²) in [6, 6.07) is 0. The molecule has 0 saturated heterocycles. The Hall–Kier alpha value is -0.420. The number of nitrogens with zero attached hydrogens (tertiary/aromatic N) is 1. The maximum absolute atomic E-state index is 9.90. The lowest BCUT2D eigenvalue weighted by molar-refractivity contribution is 0.224. The predicted octanol–water partition coefficient (Wildman–Crippen LogP) is -0.180. The molecule has 0 aromatic heterocycles. The Morgan fingerprint density at radius 3 is 2.11 bits per heavy atom. The van der Waals surface area contributed by atoms with Crippen molar-refractivity contribution in [2.24, 2.45) is 4.36 Å². The molecule has 0 saturated carbocycles. The summed E-state index contributed by atoms with van der Waals surface area (Å²) in [5.41, 5.74) is -0.868. The number of hydrogen-bond acceptors (Lipinski definition) is 4. The second-order valence-corrected chi connectivity index (χ2v) is 2.90. The van der Waals surface area contributed by atoms with Gasteiger partial charge in [-0.15, -0.1) is 0 Å². The lowest BCUT2D eigenvalue weighted by Crippen LogP contribution is -2.21. The van der Waals surface area contributed by atoms with Crippen molar-refractivity contribution in [3.05, 3.63) is 0 Å². The molecule has 0 rings (SSSR count). The average Bonchev–Trinajstić information content (AvgIpc) is 1.63. The lowest BCUT2D eigenvalue weighted by Gasteiger charge is -2.10. The van der Waals surface area contributed by atoms with Crippen LogP contribution in [0.15, 0.2) is 4.36 Å². The van der Waals surface area contributed by atoms with E-state index in [-0.39, 0.29) is 6.61 Å². The molecule has 1 N–H and O–H groups in total. The highest BCUT2D eigenvalue weighted by molar-refractivity contribution is 7.61. The van der Waals surface area contributed by atoms with Gasteiger partial charge in [0.2, 0.25) is 0 Å². The van der Waals surface area contributed by atoms with E-state index in [2.05, 4.69) is 4.36 Å². The van der Waals surface area contributed by atoms with Crippen LogP contribution in [0.3, 0.4) is 0 Å². The molecule has 0 aromatic rings. The molecular weight excluding hydrogens is 142 g/mol. The van der Waals surface area contributed by atoms with Gasteiger partial charge in [-0.05, 0) is 13.8 Å². The molecule has 0 unspecified atom stereocenters. The molecule has 9 heavy (non-hydrogen) atoms. The number of aliphatic hydroxyl groups is 1. The van der Waals surface area contributed by atoms with Crippen molar-refractivity contribution >= 4 is 10.5 Å². The van der Waals surface area contributed by atoms with Crippen molar-refractivity contribution in [2.45, 2.75) is 19.4 Å². The third kappa shape index (κ3) is 4.11. The molecule has 5 heteroatoms. The van der Waals surface area contributed by atoms with Crippen LogP contribution in [0.25, 0.3) is 0 Å². The molecule has 0 heterocycles. The monoisotopic (exact) mass is 151 g/mol. The summed E-state index contributed by atoms with van der Waals surface area (Å²) in [5, 5.41) is 8.48. The Bertz CT molecular complexity index is 196. The first-order valence-electron chi connectivity index (χ1n) is 2.41. The van der Waals surface area contributed by atoms with Gasteiger partial charge >= 0.3 is 10.5 Å². The van der Waals surface area contributed by atoms with E-state index in [0.717, 1.165) is 0 Å². The summed E-state index contributed by atoms with van der Waals surface area (Å²) >= 11 is 0. The molecule has 0 aromatic carbocycles. The summed E-state index contributed by atoms with van der Waals surface area (Å²) in [4.78, 5) is 0. The molecular formula is C4H9NO3S. The largest absolute Gasteiger partial charge is 0.394 e. The van der Waals surface area contributed by atoms with Gasteiger partial charge < -0.3 is 5.11 Å².